The van der Waals surface area contributed by atoms with E-state index in [0.717, 1.165) is 24.8 Å². The normalized spacial score (nSPS) is 38.9. The first kappa shape index (κ1) is 12.9. The number of carboxylic acid groups (broad SMARTS) is 1. The van der Waals surface area contributed by atoms with E-state index in [0.29, 0.717) is 12.5 Å². The second-order valence-corrected chi connectivity index (χ2v) is 5.88. The smallest absolute Gasteiger partial charge is 0.307 e. The van der Waals surface area contributed by atoms with Crippen LogP contribution in [0.1, 0.15) is 45.4 Å². The van der Waals surface area contributed by atoms with Crippen LogP contribution in [0.15, 0.2) is 0 Å². The molecule has 2 aliphatic rings. The Morgan fingerprint density at radius 1 is 1.18 bits per heavy atom. The van der Waals surface area contributed by atoms with Crippen LogP contribution in [0.3, 0.4) is 0 Å². The number of carboxylic acids is 1. The molecule has 2 fully saturated rings. The molecule has 3 heteroatoms. The molecular weight excluding hydrogens is 214 g/mol. The number of rotatable bonds is 3. The molecule has 0 spiro atoms. The van der Waals surface area contributed by atoms with Crippen molar-refractivity contribution in [1.82, 2.24) is 5.32 Å². The zero-order chi connectivity index (χ0) is 12.3. The summed E-state index contributed by atoms with van der Waals surface area (Å²) in [5.74, 6) is 1.52. The molecule has 1 aliphatic heterocycles. The molecule has 3 nitrogen and oxygen atoms in total. The van der Waals surface area contributed by atoms with Crippen molar-refractivity contribution in [2.45, 2.75) is 45.4 Å². The van der Waals surface area contributed by atoms with Crippen LogP contribution in [0.5, 0.6) is 0 Å². The van der Waals surface area contributed by atoms with Crippen molar-refractivity contribution in [2.75, 3.05) is 13.1 Å². The Hall–Kier alpha value is -0.570. The third-order valence-corrected chi connectivity index (χ3v) is 4.87. The number of aliphatic carboxylic acids is 1. The molecule has 1 saturated heterocycles. The van der Waals surface area contributed by atoms with Crippen LogP contribution in [0.2, 0.25) is 0 Å². The highest BCUT2D eigenvalue weighted by Gasteiger charge is 2.33. The number of hydrogen-bond acceptors (Lipinski definition) is 2. The summed E-state index contributed by atoms with van der Waals surface area (Å²) in [5.41, 5.74) is 0. The molecule has 0 radical (unpaired) electrons. The molecular formula is C14H25NO2. The molecule has 0 amide bonds. The average molecular weight is 239 g/mol. The van der Waals surface area contributed by atoms with Gasteiger partial charge in [0, 0.05) is 6.54 Å². The van der Waals surface area contributed by atoms with Gasteiger partial charge in [-0.15, -0.1) is 0 Å². The minimum absolute atomic E-state index is 0.155. The van der Waals surface area contributed by atoms with Crippen LogP contribution in [0.4, 0.5) is 0 Å². The molecule has 1 aliphatic carbocycles. The fourth-order valence-corrected chi connectivity index (χ4v) is 3.59. The summed E-state index contributed by atoms with van der Waals surface area (Å²) < 4.78 is 0. The van der Waals surface area contributed by atoms with Crippen molar-refractivity contribution in [3.63, 3.8) is 0 Å². The Kier molecular flexibility index (Phi) is 4.43. The molecule has 0 aromatic carbocycles. The fourth-order valence-electron chi connectivity index (χ4n) is 3.59. The molecule has 2 unspecified atom stereocenters. The molecule has 2 atom stereocenters. The third kappa shape index (κ3) is 3.21. The summed E-state index contributed by atoms with van der Waals surface area (Å²) in [6, 6.07) is 0. The Morgan fingerprint density at radius 3 is 2.47 bits per heavy atom. The molecule has 0 bridgehead atoms. The minimum atomic E-state index is -0.621. The maximum Gasteiger partial charge on any atom is 0.307 e. The van der Waals surface area contributed by atoms with Crippen LogP contribution in [0.25, 0.3) is 0 Å². The topological polar surface area (TPSA) is 49.3 Å². The highest BCUT2D eigenvalue weighted by molar-refractivity contribution is 5.70. The van der Waals surface area contributed by atoms with Crippen LogP contribution in [-0.2, 0) is 4.79 Å². The first-order valence-electron chi connectivity index (χ1n) is 7.14. The van der Waals surface area contributed by atoms with Gasteiger partial charge in [0.05, 0.1) is 5.92 Å². The molecule has 17 heavy (non-hydrogen) atoms. The maximum absolute atomic E-state index is 11.0. The van der Waals surface area contributed by atoms with Crippen LogP contribution in [0, 0.1) is 23.7 Å². The molecule has 1 heterocycles. The lowest BCUT2D eigenvalue weighted by Crippen LogP contribution is -2.43. The van der Waals surface area contributed by atoms with E-state index in [-0.39, 0.29) is 5.92 Å². The molecule has 1 saturated carbocycles. The van der Waals surface area contributed by atoms with Crippen LogP contribution < -0.4 is 5.32 Å². The largest absolute Gasteiger partial charge is 0.481 e. The number of carbonyl (C=O) groups is 1. The molecule has 0 aromatic rings. The minimum Gasteiger partial charge on any atom is -0.481 e. The highest BCUT2D eigenvalue weighted by atomic mass is 16.4. The Morgan fingerprint density at radius 2 is 1.88 bits per heavy atom. The van der Waals surface area contributed by atoms with Crippen molar-refractivity contribution in [2.24, 2.45) is 23.7 Å². The van der Waals surface area contributed by atoms with Gasteiger partial charge in [0.25, 0.3) is 0 Å². The summed E-state index contributed by atoms with van der Waals surface area (Å²) in [7, 11) is 0. The van der Waals surface area contributed by atoms with E-state index >= 15 is 0 Å². The number of nitrogens with one attached hydrogen (secondary N) is 1. The second kappa shape index (κ2) is 5.85. The first-order chi connectivity index (χ1) is 8.20. The molecule has 0 aromatic heterocycles. The lowest BCUT2D eigenvalue weighted by Gasteiger charge is -2.37. The second-order valence-electron chi connectivity index (χ2n) is 5.88. The van der Waals surface area contributed by atoms with Gasteiger partial charge >= 0.3 is 5.97 Å². The monoisotopic (exact) mass is 239 g/mol. The number of hydrogen-bond donors (Lipinski definition) is 2. The Bertz CT molecular complexity index is 259. The number of piperidine rings is 1. The maximum atomic E-state index is 11.0. The summed E-state index contributed by atoms with van der Waals surface area (Å²) in [5, 5.41) is 12.4. The SMILES string of the molecule is CCC1CCC(C2CNCC(C(=O)O)C2)CC1. The molecule has 98 valence electrons. The van der Waals surface area contributed by atoms with Crippen molar-refractivity contribution in [3.05, 3.63) is 0 Å². The van der Waals surface area contributed by atoms with Gasteiger partial charge in [0.1, 0.15) is 0 Å². The summed E-state index contributed by atoms with van der Waals surface area (Å²) in [6.45, 7) is 3.98. The Balaban J connectivity index is 1.84. The molecule has 2 N–H and O–H groups in total. The zero-order valence-corrected chi connectivity index (χ0v) is 10.8. The van der Waals surface area contributed by atoms with Gasteiger partial charge in [0.2, 0.25) is 0 Å². The predicted octanol–water partition coefficient (Wildman–Crippen LogP) is 2.51. The van der Waals surface area contributed by atoms with Crippen LogP contribution >= 0.6 is 0 Å². The van der Waals surface area contributed by atoms with Gasteiger partial charge in [-0.05, 0) is 43.6 Å². The average Bonchev–Trinajstić information content (AvgIpc) is 2.39. The lowest BCUT2D eigenvalue weighted by atomic mass is 9.71. The predicted molar refractivity (Wildman–Crippen MR) is 67.8 cm³/mol. The van der Waals surface area contributed by atoms with E-state index in [2.05, 4.69) is 12.2 Å². The van der Waals surface area contributed by atoms with Gasteiger partial charge in [-0.3, -0.25) is 4.79 Å². The summed E-state index contributed by atoms with van der Waals surface area (Å²) >= 11 is 0. The van der Waals surface area contributed by atoms with Crippen molar-refractivity contribution in [1.29, 1.82) is 0 Å². The van der Waals surface area contributed by atoms with Gasteiger partial charge in [0.15, 0.2) is 0 Å². The van der Waals surface area contributed by atoms with E-state index in [1.165, 1.54) is 32.1 Å². The summed E-state index contributed by atoms with van der Waals surface area (Å²) in [6.07, 6.45) is 7.55. The third-order valence-electron chi connectivity index (χ3n) is 4.87. The van der Waals surface area contributed by atoms with E-state index in [4.69, 9.17) is 5.11 Å². The van der Waals surface area contributed by atoms with E-state index in [1.54, 1.807) is 0 Å². The van der Waals surface area contributed by atoms with Crippen molar-refractivity contribution >= 4 is 5.97 Å². The quantitative estimate of drug-likeness (QED) is 0.795. The fraction of sp³-hybridized carbons (Fsp3) is 0.929. The Labute approximate surface area is 104 Å². The molecule has 2 rings (SSSR count). The van der Waals surface area contributed by atoms with E-state index < -0.39 is 5.97 Å². The zero-order valence-electron chi connectivity index (χ0n) is 10.8. The van der Waals surface area contributed by atoms with Crippen LogP contribution in [-0.4, -0.2) is 24.2 Å². The van der Waals surface area contributed by atoms with Gasteiger partial charge in [-0.1, -0.05) is 26.2 Å². The first-order valence-corrected chi connectivity index (χ1v) is 7.14. The van der Waals surface area contributed by atoms with E-state index in [1.807, 2.05) is 0 Å². The van der Waals surface area contributed by atoms with Crippen molar-refractivity contribution < 1.29 is 9.90 Å². The van der Waals surface area contributed by atoms with Gasteiger partial charge in [-0.25, -0.2) is 0 Å². The van der Waals surface area contributed by atoms with E-state index in [9.17, 15) is 4.79 Å². The lowest BCUT2D eigenvalue weighted by molar-refractivity contribution is -0.143. The summed E-state index contributed by atoms with van der Waals surface area (Å²) in [4.78, 5) is 11.0. The van der Waals surface area contributed by atoms with Gasteiger partial charge in [-0.2, -0.15) is 0 Å². The standard InChI is InChI=1S/C14H25NO2/c1-2-10-3-5-11(6-4-10)12-7-13(14(16)17)9-15-8-12/h10-13,15H,2-9H2,1H3,(H,16,17). The highest BCUT2D eigenvalue weighted by Crippen LogP contribution is 2.37. The van der Waals surface area contributed by atoms with Gasteiger partial charge < -0.3 is 10.4 Å². The van der Waals surface area contributed by atoms with Crippen molar-refractivity contribution in [3.8, 4) is 0 Å².